The number of nitriles is 2. The van der Waals surface area contributed by atoms with E-state index in [4.69, 9.17) is 10.5 Å². The summed E-state index contributed by atoms with van der Waals surface area (Å²) in [5, 5.41) is 20.6. The van der Waals surface area contributed by atoms with Gasteiger partial charge in [-0.05, 0) is 13.8 Å². The van der Waals surface area contributed by atoms with Crippen LogP contribution in [0.5, 0.6) is 0 Å². The van der Waals surface area contributed by atoms with Crippen molar-refractivity contribution < 1.29 is 0 Å². The SMILES string of the molecule is CC1NC(C)C(C#N)C1C#N. The lowest BCUT2D eigenvalue weighted by molar-refractivity contribution is 0.523. The molecule has 1 fully saturated rings. The molecule has 1 aliphatic rings. The van der Waals surface area contributed by atoms with E-state index < -0.39 is 0 Å². The Hall–Kier alpha value is -1.06. The predicted molar refractivity (Wildman–Crippen MR) is 40.3 cm³/mol. The molecular formula is C8H11N3. The van der Waals surface area contributed by atoms with Crippen molar-refractivity contribution in [2.24, 2.45) is 11.8 Å². The molecule has 0 aromatic heterocycles. The van der Waals surface area contributed by atoms with Crippen molar-refractivity contribution in [3.63, 3.8) is 0 Å². The highest BCUT2D eigenvalue weighted by atomic mass is 15.0. The van der Waals surface area contributed by atoms with E-state index in [9.17, 15) is 0 Å². The maximum atomic E-state index is 8.71. The summed E-state index contributed by atoms with van der Waals surface area (Å²) < 4.78 is 0. The Bertz CT molecular complexity index is 198. The predicted octanol–water partition coefficient (Wildman–Crippen LogP) is 0.646. The Kier molecular flexibility index (Phi) is 2.12. The van der Waals surface area contributed by atoms with Gasteiger partial charge in [-0.2, -0.15) is 10.5 Å². The molecule has 0 amide bonds. The van der Waals surface area contributed by atoms with Gasteiger partial charge in [-0.1, -0.05) is 0 Å². The standard InChI is InChI=1S/C8H11N3/c1-5-7(3-9)8(4-10)6(2)11-5/h5-8,11H,1-2H3. The molecule has 1 aliphatic heterocycles. The fraction of sp³-hybridized carbons (Fsp3) is 0.750. The Morgan fingerprint density at radius 3 is 1.64 bits per heavy atom. The van der Waals surface area contributed by atoms with Crippen LogP contribution in [0.4, 0.5) is 0 Å². The molecule has 1 N–H and O–H groups in total. The Balaban J connectivity index is 2.79. The van der Waals surface area contributed by atoms with Crippen LogP contribution in [0.2, 0.25) is 0 Å². The van der Waals surface area contributed by atoms with E-state index in [1.807, 2.05) is 13.8 Å². The lowest BCUT2D eigenvalue weighted by Gasteiger charge is -2.06. The average Bonchev–Trinajstić information content (AvgIpc) is 2.24. The molecule has 3 heteroatoms. The molecule has 1 heterocycles. The van der Waals surface area contributed by atoms with Crippen molar-refractivity contribution in [3.8, 4) is 12.1 Å². The second-order valence-electron chi connectivity index (χ2n) is 3.05. The van der Waals surface area contributed by atoms with E-state index in [-0.39, 0.29) is 23.9 Å². The monoisotopic (exact) mass is 149 g/mol. The van der Waals surface area contributed by atoms with Crippen molar-refractivity contribution in [2.45, 2.75) is 25.9 Å². The minimum Gasteiger partial charge on any atom is -0.309 e. The van der Waals surface area contributed by atoms with E-state index in [1.54, 1.807) is 0 Å². The molecule has 11 heavy (non-hydrogen) atoms. The average molecular weight is 149 g/mol. The fourth-order valence-corrected chi connectivity index (χ4v) is 1.63. The van der Waals surface area contributed by atoms with E-state index in [0.717, 1.165) is 0 Å². The quantitative estimate of drug-likeness (QED) is 0.550. The van der Waals surface area contributed by atoms with Crippen LogP contribution in [-0.2, 0) is 0 Å². The lowest BCUT2D eigenvalue weighted by Crippen LogP contribution is -2.26. The molecule has 3 nitrogen and oxygen atoms in total. The smallest absolute Gasteiger partial charge is 0.0787 e. The number of hydrogen-bond donors (Lipinski definition) is 1. The molecule has 0 aliphatic carbocycles. The van der Waals surface area contributed by atoms with Crippen molar-refractivity contribution >= 4 is 0 Å². The molecule has 0 aromatic carbocycles. The van der Waals surface area contributed by atoms with Crippen LogP contribution in [0.3, 0.4) is 0 Å². The first-order chi connectivity index (χ1) is 5.20. The second-order valence-corrected chi connectivity index (χ2v) is 3.05. The summed E-state index contributed by atoms with van der Waals surface area (Å²) in [7, 11) is 0. The van der Waals surface area contributed by atoms with E-state index >= 15 is 0 Å². The molecule has 58 valence electrons. The Morgan fingerprint density at radius 1 is 1.00 bits per heavy atom. The van der Waals surface area contributed by atoms with Crippen LogP contribution in [0.15, 0.2) is 0 Å². The number of nitrogens with zero attached hydrogens (tertiary/aromatic N) is 2. The van der Waals surface area contributed by atoms with Gasteiger partial charge in [-0.3, -0.25) is 0 Å². The van der Waals surface area contributed by atoms with Gasteiger partial charge < -0.3 is 5.32 Å². The van der Waals surface area contributed by atoms with Crippen LogP contribution >= 0.6 is 0 Å². The second kappa shape index (κ2) is 2.90. The van der Waals surface area contributed by atoms with Crippen LogP contribution in [0, 0.1) is 34.5 Å². The number of hydrogen-bond acceptors (Lipinski definition) is 3. The summed E-state index contributed by atoms with van der Waals surface area (Å²) in [6.45, 7) is 3.89. The van der Waals surface area contributed by atoms with Gasteiger partial charge in [0.15, 0.2) is 0 Å². The zero-order valence-electron chi connectivity index (χ0n) is 6.70. The summed E-state index contributed by atoms with van der Waals surface area (Å²) in [5.41, 5.74) is 0. The Labute approximate surface area is 66.6 Å². The topological polar surface area (TPSA) is 59.6 Å². The number of nitrogens with one attached hydrogen (secondary N) is 1. The normalized spacial score (nSPS) is 42.9. The molecule has 0 saturated carbocycles. The summed E-state index contributed by atoms with van der Waals surface area (Å²) in [6.07, 6.45) is 0. The highest BCUT2D eigenvalue weighted by Crippen LogP contribution is 2.25. The molecule has 1 rings (SSSR count). The lowest BCUT2D eigenvalue weighted by atomic mass is 9.91. The molecule has 0 aromatic rings. The zero-order valence-corrected chi connectivity index (χ0v) is 6.70. The molecule has 0 bridgehead atoms. The molecule has 0 spiro atoms. The zero-order chi connectivity index (χ0) is 8.43. The third kappa shape index (κ3) is 1.20. The maximum absolute atomic E-state index is 8.71. The molecule has 4 atom stereocenters. The van der Waals surface area contributed by atoms with Gasteiger partial charge in [0.1, 0.15) is 0 Å². The van der Waals surface area contributed by atoms with Crippen LogP contribution < -0.4 is 5.32 Å². The highest BCUT2D eigenvalue weighted by molar-refractivity contribution is 5.11. The molecule has 1 saturated heterocycles. The van der Waals surface area contributed by atoms with Crippen LogP contribution in [0.25, 0.3) is 0 Å². The van der Waals surface area contributed by atoms with Gasteiger partial charge in [0.2, 0.25) is 0 Å². The van der Waals surface area contributed by atoms with Crippen LogP contribution in [-0.4, -0.2) is 12.1 Å². The van der Waals surface area contributed by atoms with Gasteiger partial charge in [0.25, 0.3) is 0 Å². The number of rotatable bonds is 0. The van der Waals surface area contributed by atoms with Crippen LogP contribution in [0.1, 0.15) is 13.8 Å². The van der Waals surface area contributed by atoms with Crippen molar-refractivity contribution in [3.05, 3.63) is 0 Å². The van der Waals surface area contributed by atoms with Crippen molar-refractivity contribution in [1.29, 1.82) is 10.5 Å². The van der Waals surface area contributed by atoms with Gasteiger partial charge in [-0.15, -0.1) is 0 Å². The van der Waals surface area contributed by atoms with E-state index in [2.05, 4.69) is 17.5 Å². The fourth-order valence-electron chi connectivity index (χ4n) is 1.63. The van der Waals surface area contributed by atoms with E-state index in [0.29, 0.717) is 0 Å². The van der Waals surface area contributed by atoms with Gasteiger partial charge in [0, 0.05) is 12.1 Å². The highest BCUT2D eigenvalue weighted by Gasteiger charge is 2.38. The summed E-state index contributed by atoms with van der Waals surface area (Å²) in [5.74, 6) is -0.287. The molecule has 4 unspecified atom stereocenters. The Morgan fingerprint density at radius 2 is 1.36 bits per heavy atom. The first kappa shape index (κ1) is 8.04. The van der Waals surface area contributed by atoms with E-state index in [1.165, 1.54) is 0 Å². The molecule has 0 radical (unpaired) electrons. The summed E-state index contributed by atoms with van der Waals surface area (Å²) in [4.78, 5) is 0. The minimum atomic E-state index is -0.144. The van der Waals surface area contributed by atoms with Crippen molar-refractivity contribution in [1.82, 2.24) is 5.32 Å². The third-order valence-electron chi connectivity index (χ3n) is 2.29. The first-order valence-electron chi connectivity index (χ1n) is 3.76. The van der Waals surface area contributed by atoms with Crippen molar-refractivity contribution in [2.75, 3.05) is 0 Å². The minimum absolute atomic E-state index is 0.144. The van der Waals surface area contributed by atoms with Gasteiger partial charge in [-0.25, -0.2) is 0 Å². The van der Waals surface area contributed by atoms with Gasteiger partial charge in [0.05, 0.1) is 24.0 Å². The maximum Gasteiger partial charge on any atom is 0.0787 e. The largest absolute Gasteiger partial charge is 0.309 e. The summed E-state index contributed by atoms with van der Waals surface area (Å²) >= 11 is 0. The third-order valence-corrected chi connectivity index (χ3v) is 2.29. The molecular weight excluding hydrogens is 138 g/mol. The summed E-state index contributed by atoms with van der Waals surface area (Å²) in [6, 6.07) is 4.63. The van der Waals surface area contributed by atoms with Gasteiger partial charge >= 0.3 is 0 Å². The first-order valence-corrected chi connectivity index (χ1v) is 3.76.